The van der Waals surface area contributed by atoms with E-state index in [2.05, 4.69) is 14.0 Å². The van der Waals surface area contributed by atoms with Crippen molar-refractivity contribution in [3.05, 3.63) is 0 Å². The summed E-state index contributed by atoms with van der Waals surface area (Å²) in [5, 5.41) is 0. The van der Waals surface area contributed by atoms with Gasteiger partial charge in [-0.1, -0.05) is 0 Å². The predicted octanol–water partition coefficient (Wildman–Crippen LogP) is -0.495. The molecule has 0 saturated heterocycles. The Morgan fingerprint density at radius 2 is 1.08 bits per heavy atom. The van der Waals surface area contributed by atoms with E-state index in [1.807, 2.05) is 0 Å². The molecule has 0 saturated carbocycles. The molecule has 6 nitrogen and oxygen atoms in total. The minimum atomic E-state index is -2.41. The first-order valence-corrected chi connectivity index (χ1v) is 3.59. The van der Waals surface area contributed by atoms with Crippen LogP contribution in [-0.4, -0.2) is 25.2 Å². The van der Waals surface area contributed by atoms with E-state index in [4.69, 9.17) is 0 Å². The van der Waals surface area contributed by atoms with Crippen molar-refractivity contribution in [2.75, 3.05) is 0 Å². The summed E-state index contributed by atoms with van der Waals surface area (Å²) in [7, 11) is -2.41. The lowest BCUT2D eigenvalue weighted by Crippen LogP contribution is -2.32. The molecule has 0 aliphatic rings. The van der Waals surface area contributed by atoms with Crippen LogP contribution in [0.2, 0.25) is 0 Å². The summed E-state index contributed by atoms with van der Waals surface area (Å²) < 4.78 is 13.3. The minimum absolute atomic E-state index is 0. The third kappa shape index (κ3) is 6.86. The van der Waals surface area contributed by atoms with E-state index >= 15 is 0 Å². The Kier molecular flexibility index (Phi) is 4.57. The van der Waals surface area contributed by atoms with Crippen molar-refractivity contribution >= 4 is 25.2 Å². The smallest absolute Gasteiger partial charge is 0.541 e. The Morgan fingerprint density at radius 1 is 0.846 bits per heavy atom. The van der Waals surface area contributed by atoms with Crippen LogP contribution in [0.25, 0.3) is 0 Å². The highest BCUT2D eigenvalue weighted by Gasteiger charge is 2.13. The maximum Gasteiger partial charge on any atom is 0.541 e. The molecular formula is C6H11BO6-2. The van der Waals surface area contributed by atoms with Crippen molar-refractivity contribution in [2.45, 2.75) is 20.8 Å². The topological polar surface area (TPSA) is 78.9 Å². The van der Waals surface area contributed by atoms with Gasteiger partial charge in [0.1, 0.15) is 0 Å². The van der Waals surface area contributed by atoms with E-state index in [0.717, 1.165) is 20.8 Å². The lowest BCUT2D eigenvalue weighted by atomic mass is 10.2. The van der Waals surface area contributed by atoms with Crippen LogP contribution in [0.15, 0.2) is 0 Å². The highest BCUT2D eigenvalue weighted by Crippen LogP contribution is 1.94. The van der Waals surface area contributed by atoms with Crippen molar-refractivity contribution in [3.8, 4) is 0 Å². The fraction of sp³-hybridized carbons (Fsp3) is 0.500. The third-order valence-electron chi connectivity index (χ3n) is 0.963. The molecule has 0 spiro atoms. The first kappa shape index (κ1) is 11.5. The first-order valence-electron chi connectivity index (χ1n) is 3.59. The highest BCUT2D eigenvalue weighted by molar-refractivity contribution is 6.43. The molecule has 13 heavy (non-hydrogen) atoms. The second kappa shape index (κ2) is 5.18. The van der Waals surface area contributed by atoms with Gasteiger partial charge in [0, 0.05) is 20.8 Å². The molecule has 0 bridgehead atoms. The van der Waals surface area contributed by atoms with Crippen molar-refractivity contribution in [1.29, 1.82) is 0 Å². The molecule has 0 unspecified atom stereocenters. The summed E-state index contributed by atoms with van der Waals surface area (Å²) >= 11 is 0. The fourth-order valence-corrected chi connectivity index (χ4v) is 0.586. The molecule has 0 rings (SSSR count). The number of hydrogen-bond acceptors (Lipinski definition) is 6. The summed E-state index contributed by atoms with van der Waals surface area (Å²) in [4.78, 5) is 31.3. The average Bonchev–Trinajstić information content (AvgIpc) is 1.80. The summed E-state index contributed by atoms with van der Waals surface area (Å²) in [6.45, 7) is 3.35. The summed E-state index contributed by atoms with van der Waals surface area (Å²) in [6.07, 6.45) is 0. The Balaban J connectivity index is 0. The monoisotopic (exact) mass is 190 g/mol. The average molecular weight is 190 g/mol. The van der Waals surface area contributed by atoms with Crippen LogP contribution in [0.1, 0.15) is 22.2 Å². The molecule has 0 aromatic heterocycles. The Bertz CT molecular complexity index is 192. The maximum atomic E-state index is 10.4. The zero-order valence-electron chi connectivity index (χ0n) is 8.66. The molecular weight excluding hydrogens is 179 g/mol. The van der Waals surface area contributed by atoms with Crippen LogP contribution in [-0.2, 0) is 28.3 Å². The molecule has 0 aromatic rings. The Labute approximate surface area is 76.8 Å². The first-order chi connectivity index (χ1) is 5.91. The van der Waals surface area contributed by atoms with Gasteiger partial charge in [-0.05, 0) is 0 Å². The van der Waals surface area contributed by atoms with E-state index in [0.29, 0.717) is 0 Å². The van der Waals surface area contributed by atoms with E-state index in [1.165, 1.54) is 0 Å². The standard InChI is InChI=1S/C6H10BO6.H/c1-4(8)11-7(12-5(2)9)13-6(3)10;/h7H,1-3H3;/q2*-1. The van der Waals surface area contributed by atoms with Crippen molar-refractivity contribution in [1.82, 2.24) is 0 Å². The van der Waals surface area contributed by atoms with E-state index < -0.39 is 25.2 Å². The fourth-order valence-electron chi connectivity index (χ4n) is 0.586. The largest absolute Gasteiger partial charge is 1.00 e. The van der Waals surface area contributed by atoms with Gasteiger partial charge in [0.25, 0.3) is 17.9 Å². The zero-order valence-corrected chi connectivity index (χ0v) is 7.66. The molecule has 7 heteroatoms. The van der Waals surface area contributed by atoms with Gasteiger partial charge >= 0.3 is 7.32 Å². The molecule has 0 radical (unpaired) electrons. The van der Waals surface area contributed by atoms with E-state index in [-0.39, 0.29) is 1.43 Å². The van der Waals surface area contributed by atoms with Gasteiger partial charge in [0.05, 0.1) is 0 Å². The lowest BCUT2D eigenvalue weighted by molar-refractivity contribution is -0.144. The van der Waals surface area contributed by atoms with Gasteiger partial charge in [-0.3, -0.25) is 14.4 Å². The molecule has 0 aromatic carbocycles. The number of carbonyl (C=O) groups is 3. The molecule has 76 valence electrons. The summed E-state index contributed by atoms with van der Waals surface area (Å²) in [5.74, 6) is -2.03. The number of rotatable bonds is 3. The van der Waals surface area contributed by atoms with Crippen LogP contribution in [0.3, 0.4) is 0 Å². The van der Waals surface area contributed by atoms with Crippen LogP contribution < -0.4 is 0 Å². The van der Waals surface area contributed by atoms with E-state index in [9.17, 15) is 14.4 Å². The second-order valence-corrected chi connectivity index (χ2v) is 2.26. The Hall–Kier alpha value is -1.53. The van der Waals surface area contributed by atoms with Crippen LogP contribution in [0.4, 0.5) is 0 Å². The van der Waals surface area contributed by atoms with Gasteiger partial charge in [0.2, 0.25) is 0 Å². The number of hydrogen-bond donors (Lipinski definition) is 0. The highest BCUT2D eigenvalue weighted by atomic mass is 16.8. The van der Waals surface area contributed by atoms with E-state index in [1.54, 1.807) is 0 Å². The molecule has 0 N–H and O–H groups in total. The molecule has 0 amide bonds. The van der Waals surface area contributed by atoms with Gasteiger partial charge in [0.15, 0.2) is 0 Å². The van der Waals surface area contributed by atoms with Crippen molar-refractivity contribution in [2.24, 2.45) is 0 Å². The molecule has 0 aliphatic heterocycles. The van der Waals surface area contributed by atoms with Crippen molar-refractivity contribution in [3.63, 3.8) is 0 Å². The molecule has 0 fully saturated rings. The number of carbonyl (C=O) groups excluding carboxylic acids is 3. The maximum absolute atomic E-state index is 10.4. The summed E-state index contributed by atoms with van der Waals surface area (Å²) in [5.41, 5.74) is 0. The van der Waals surface area contributed by atoms with Crippen LogP contribution >= 0.6 is 0 Å². The molecule has 0 aliphatic carbocycles. The Morgan fingerprint density at radius 3 is 1.23 bits per heavy atom. The minimum Gasteiger partial charge on any atom is -1.00 e. The summed E-state index contributed by atoms with van der Waals surface area (Å²) in [6, 6.07) is 0. The quantitative estimate of drug-likeness (QED) is 0.558. The normalized spacial score (nSPS) is 9.23. The molecule has 0 atom stereocenters. The zero-order chi connectivity index (χ0) is 10.4. The van der Waals surface area contributed by atoms with Crippen molar-refractivity contribution < 1.29 is 29.8 Å². The third-order valence-corrected chi connectivity index (χ3v) is 0.963. The van der Waals surface area contributed by atoms with Crippen LogP contribution in [0.5, 0.6) is 0 Å². The predicted molar refractivity (Wildman–Crippen MR) is 43.6 cm³/mol. The van der Waals surface area contributed by atoms with Gasteiger partial charge in [-0.15, -0.1) is 0 Å². The molecule has 0 heterocycles. The van der Waals surface area contributed by atoms with Crippen LogP contribution in [0, 0.1) is 0 Å². The lowest BCUT2D eigenvalue weighted by Gasteiger charge is -2.25. The van der Waals surface area contributed by atoms with Gasteiger partial charge in [-0.25, -0.2) is 0 Å². The van der Waals surface area contributed by atoms with Gasteiger partial charge in [-0.2, -0.15) is 0 Å². The SMILES string of the molecule is CC(=O)O[BH-](OC(C)=O)OC(C)=O.[H-]. The second-order valence-electron chi connectivity index (χ2n) is 2.26. The van der Waals surface area contributed by atoms with Gasteiger partial charge < -0.3 is 15.4 Å².